The third kappa shape index (κ3) is 8.42. The van der Waals surface area contributed by atoms with Crippen molar-refractivity contribution >= 4 is 35.9 Å². The molecule has 0 aliphatic carbocycles. The number of rotatable bonds is 6. The molecule has 1 atom stereocenters. The van der Waals surface area contributed by atoms with E-state index in [0.717, 1.165) is 39.4 Å². The van der Waals surface area contributed by atoms with E-state index in [-0.39, 0.29) is 35.9 Å². The molecule has 1 unspecified atom stereocenters. The molecule has 1 fully saturated rings. The summed E-state index contributed by atoms with van der Waals surface area (Å²) in [4.78, 5) is 17.8. The molecule has 1 heterocycles. The predicted octanol–water partition coefficient (Wildman–Crippen LogP) is -0.0893. The zero-order valence-corrected chi connectivity index (χ0v) is 15.4. The van der Waals surface area contributed by atoms with Crippen LogP contribution in [0.3, 0.4) is 0 Å². The summed E-state index contributed by atoms with van der Waals surface area (Å²) < 4.78 is 9.99. The van der Waals surface area contributed by atoms with Gasteiger partial charge in [-0.05, 0) is 0 Å². The molecule has 1 saturated heterocycles. The van der Waals surface area contributed by atoms with E-state index in [1.165, 1.54) is 7.11 Å². The van der Waals surface area contributed by atoms with Crippen LogP contribution < -0.4 is 10.6 Å². The molecule has 8 heteroatoms. The van der Waals surface area contributed by atoms with Gasteiger partial charge in [0.15, 0.2) is 5.96 Å². The minimum Gasteiger partial charge on any atom is -0.469 e. The zero-order valence-electron chi connectivity index (χ0n) is 13.1. The average molecular weight is 414 g/mol. The number of nitrogens with zero attached hydrogens (tertiary/aromatic N) is 2. The molecule has 1 aliphatic heterocycles. The van der Waals surface area contributed by atoms with Crippen LogP contribution in [0, 0.1) is 5.92 Å². The summed E-state index contributed by atoms with van der Waals surface area (Å²) in [6.07, 6.45) is 0. The third-order valence-electron chi connectivity index (χ3n) is 3.23. The highest BCUT2D eigenvalue weighted by atomic mass is 127. The number of methoxy groups -OCH3 is 1. The van der Waals surface area contributed by atoms with Crippen LogP contribution >= 0.6 is 24.0 Å². The van der Waals surface area contributed by atoms with Gasteiger partial charge in [0, 0.05) is 39.8 Å². The van der Waals surface area contributed by atoms with Crippen molar-refractivity contribution in [2.45, 2.75) is 6.92 Å². The van der Waals surface area contributed by atoms with Gasteiger partial charge >= 0.3 is 5.97 Å². The Morgan fingerprint density at radius 2 is 2.05 bits per heavy atom. The first-order valence-corrected chi connectivity index (χ1v) is 6.99. The summed E-state index contributed by atoms with van der Waals surface area (Å²) in [5.41, 5.74) is 0. The molecule has 0 spiro atoms. The topological polar surface area (TPSA) is 75.2 Å². The lowest BCUT2D eigenvalue weighted by Gasteiger charge is -2.26. The van der Waals surface area contributed by atoms with E-state index in [0.29, 0.717) is 12.5 Å². The number of ether oxygens (including phenoxy) is 2. The first-order chi connectivity index (χ1) is 9.67. The number of carbonyl (C=O) groups excluding carboxylic acids is 1. The highest BCUT2D eigenvalue weighted by Crippen LogP contribution is 1.96. The fraction of sp³-hybridized carbons (Fsp3) is 0.846. The molecule has 1 aliphatic rings. The van der Waals surface area contributed by atoms with Gasteiger partial charge in [-0.1, -0.05) is 6.92 Å². The molecular formula is C13H27IN4O3. The van der Waals surface area contributed by atoms with Crippen molar-refractivity contribution in [3.8, 4) is 0 Å². The number of morpholine rings is 1. The quantitative estimate of drug-likeness (QED) is 0.274. The SMILES string of the molecule is CN=C(NCCN1CCOCC1)NCC(C)C(=O)OC.I. The zero-order chi connectivity index (χ0) is 14.8. The summed E-state index contributed by atoms with van der Waals surface area (Å²) in [7, 11) is 3.11. The number of nitrogens with one attached hydrogen (secondary N) is 2. The number of hydrogen-bond acceptors (Lipinski definition) is 5. The first-order valence-electron chi connectivity index (χ1n) is 6.99. The molecule has 0 aromatic rings. The normalized spacial score (nSPS) is 17.6. The van der Waals surface area contributed by atoms with Crippen LogP contribution in [0.2, 0.25) is 0 Å². The van der Waals surface area contributed by atoms with Crippen LogP contribution in [-0.4, -0.2) is 76.9 Å². The molecule has 0 saturated carbocycles. The molecule has 0 radical (unpaired) electrons. The number of carbonyl (C=O) groups is 1. The monoisotopic (exact) mass is 414 g/mol. The van der Waals surface area contributed by atoms with Crippen LogP contribution in [0.4, 0.5) is 0 Å². The highest BCUT2D eigenvalue weighted by molar-refractivity contribution is 14.0. The van der Waals surface area contributed by atoms with Crippen LogP contribution in [0.1, 0.15) is 6.92 Å². The van der Waals surface area contributed by atoms with Crippen molar-refractivity contribution in [3.63, 3.8) is 0 Å². The van der Waals surface area contributed by atoms with E-state index in [9.17, 15) is 4.79 Å². The number of guanidine groups is 1. The summed E-state index contributed by atoms with van der Waals surface area (Å²) >= 11 is 0. The summed E-state index contributed by atoms with van der Waals surface area (Å²) in [6, 6.07) is 0. The van der Waals surface area contributed by atoms with Gasteiger partial charge in [-0.15, -0.1) is 24.0 Å². The van der Waals surface area contributed by atoms with E-state index in [2.05, 4.69) is 25.3 Å². The van der Waals surface area contributed by atoms with E-state index >= 15 is 0 Å². The first kappa shape index (κ1) is 20.4. The van der Waals surface area contributed by atoms with E-state index in [1.54, 1.807) is 7.05 Å². The van der Waals surface area contributed by atoms with Gasteiger partial charge in [0.1, 0.15) is 0 Å². The minimum absolute atomic E-state index is 0. The number of halogens is 1. The lowest BCUT2D eigenvalue weighted by Crippen LogP contribution is -2.45. The van der Waals surface area contributed by atoms with Crippen molar-refractivity contribution in [2.75, 3.05) is 60.1 Å². The Morgan fingerprint density at radius 3 is 2.62 bits per heavy atom. The molecule has 2 N–H and O–H groups in total. The second-order valence-corrected chi connectivity index (χ2v) is 4.76. The van der Waals surface area contributed by atoms with Gasteiger partial charge < -0.3 is 20.1 Å². The fourth-order valence-corrected chi connectivity index (χ4v) is 1.91. The summed E-state index contributed by atoms with van der Waals surface area (Å²) in [5, 5.41) is 6.35. The number of esters is 1. The third-order valence-corrected chi connectivity index (χ3v) is 3.23. The maximum Gasteiger partial charge on any atom is 0.310 e. The van der Waals surface area contributed by atoms with Crippen LogP contribution in [0.5, 0.6) is 0 Å². The lowest BCUT2D eigenvalue weighted by atomic mass is 10.2. The highest BCUT2D eigenvalue weighted by Gasteiger charge is 2.13. The Balaban J connectivity index is 0.00000400. The standard InChI is InChI=1S/C13H26N4O3.HI/c1-11(12(18)19-3)10-16-13(14-2)15-4-5-17-6-8-20-9-7-17;/h11H,4-10H2,1-3H3,(H2,14,15,16);1H. The second-order valence-electron chi connectivity index (χ2n) is 4.76. The Labute approximate surface area is 143 Å². The van der Waals surface area contributed by atoms with Crippen molar-refractivity contribution in [1.82, 2.24) is 15.5 Å². The fourth-order valence-electron chi connectivity index (χ4n) is 1.91. The Bertz CT molecular complexity index is 323. The average Bonchev–Trinajstić information content (AvgIpc) is 2.50. The molecule has 0 aromatic heterocycles. The van der Waals surface area contributed by atoms with Crippen molar-refractivity contribution in [3.05, 3.63) is 0 Å². The van der Waals surface area contributed by atoms with Crippen molar-refractivity contribution in [1.29, 1.82) is 0 Å². The smallest absolute Gasteiger partial charge is 0.310 e. The van der Waals surface area contributed by atoms with Crippen LogP contribution in [0.15, 0.2) is 4.99 Å². The Morgan fingerprint density at radius 1 is 1.38 bits per heavy atom. The number of aliphatic imine (C=N–C) groups is 1. The van der Waals surface area contributed by atoms with E-state index in [1.807, 2.05) is 6.92 Å². The summed E-state index contributed by atoms with van der Waals surface area (Å²) in [6.45, 7) is 7.67. The largest absolute Gasteiger partial charge is 0.469 e. The van der Waals surface area contributed by atoms with Crippen molar-refractivity contribution in [2.24, 2.45) is 10.9 Å². The maximum absolute atomic E-state index is 11.3. The molecule has 0 aromatic carbocycles. The lowest BCUT2D eigenvalue weighted by molar-refractivity contribution is -0.144. The predicted molar refractivity (Wildman–Crippen MR) is 93.2 cm³/mol. The molecule has 0 amide bonds. The van der Waals surface area contributed by atoms with Gasteiger partial charge in [-0.3, -0.25) is 14.7 Å². The number of hydrogen-bond donors (Lipinski definition) is 2. The van der Waals surface area contributed by atoms with Gasteiger partial charge in [0.05, 0.1) is 26.2 Å². The molecule has 7 nitrogen and oxygen atoms in total. The van der Waals surface area contributed by atoms with Gasteiger partial charge in [0.2, 0.25) is 0 Å². The Kier molecular flexibility index (Phi) is 11.6. The van der Waals surface area contributed by atoms with Crippen molar-refractivity contribution < 1.29 is 14.3 Å². The van der Waals surface area contributed by atoms with Crippen LogP contribution in [0.25, 0.3) is 0 Å². The Hall–Kier alpha value is -0.610. The van der Waals surface area contributed by atoms with Gasteiger partial charge in [-0.25, -0.2) is 0 Å². The molecular weight excluding hydrogens is 387 g/mol. The van der Waals surface area contributed by atoms with Gasteiger partial charge in [0.25, 0.3) is 0 Å². The second kappa shape index (κ2) is 12.0. The maximum atomic E-state index is 11.3. The molecule has 1 rings (SSSR count). The van der Waals surface area contributed by atoms with Gasteiger partial charge in [-0.2, -0.15) is 0 Å². The van der Waals surface area contributed by atoms with E-state index < -0.39 is 0 Å². The molecule has 0 bridgehead atoms. The molecule has 21 heavy (non-hydrogen) atoms. The summed E-state index contributed by atoms with van der Waals surface area (Å²) in [5.74, 6) is 0.285. The molecule has 124 valence electrons. The minimum atomic E-state index is -0.221. The van der Waals surface area contributed by atoms with Crippen LogP contribution in [-0.2, 0) is 14.3 Å². The van der Waals surface area contributed by atoms with E-state index in [4.69, 9.17) is 4.74 Å².